The standard InChI is InChI=1S/C63H48N4Si2/c1-65-48-26-30-50(31-27-48)67(52-34-38-57(39-35-52)69(54-14-8-5-9-15-54,55-16-10-6-11-17-55)56-18-12-7-13-19-56)61-43-25-47-22-40-58-60(42-24-46-23-41-59(61)63(47)62(46)58)66(49-28-20-45(44-64)21-29-49)51-32-36-53(37-33-51)68(2,3)4/h5-43H,2-4H3. The highest BCUT2D eigenvalue weighted by Crippen LogP contribution is 2.47. The summed E-state index contributed by atoms with van der Waals surface area (Å²) in [5.74, 6) is 0. The molecule has 0 aromatic heterocycles. The van der Waals surface area contributed by atoms with E-state index >= 15 is 0 Å². The lowest BCUT2D eigenvalue weighted by Crippen LogP contribution is -2.74. The van der Waals surface area contributed by atoms with E-state index in [-0.39, 0.29) is 0 Å². The van der Waals surface area contributed by atoms with E-state index in [0.717, 1.165) is 50.3 Å². The van der Waals surface area contributed by atoms with E-state index in [1.165, 1.54) is 42.1 Å². The second kappa shape index (κ2) is 17.6. The zero-order valence-corrected chi connectivity index (χ0v) is 40.8. The van der Waals surface area contributed by atoms with Crippen LogP contribution in [-0.4, -0.2) is 16.1 Å². The van der Waals surface area contributed by atoms with E-state index in [1.807, 2.05) is 24.3 Å². The number of rotatable bonds is 11. The highest BCUT2D eigenvalue weighted by molar-refractivity contribution is 7.19. The summed E-state index contributed by atoms with van der Waals surface area (Å²) in [6, 6.07) is 87.7. The maximum atomic E-state index is 9.74. The van der Waals surface area contributed by atoms with Crippen molar-refractivity contribution in [3.05, 3.63) is 254 Å². The molecule has 0 radical (unpaired) electrons. The number of hydrogen-bond donors (Lipinski definition) is 0. The predicted octanol–water partition coefficient (Wildman–Crippen LogP) is 13.9. The van der Waals surface area contributed by atoms with Crippen molar-refractivity contribution in [3.8, 4) is 6.07 Å². The molecule has 0 aliphatic carbocycles. The molecule has 0 aliphatic rings. The minimum absolute atomic E-state index is 0.600. The van der Waals surface area contributed by atoms with Crippen LogP contribution >= 0.6 is 0 Å². The van der Waals surface area contributed by atoms with Gasteiger partial charge < -0.3 is 9.80 Å². The van der Waals surface area contributed by atoms with Crippen LogP contribution in [0.25, 0.3) is 37.2 Å². The summed E-state index contributed by atoms with van der Waals surface area (Å²) in [4.78, 5) is 8.44. The first kappa shape index (κ1) is 43.1. The normalized spacial score (nSPS) is 11.7. The van der Waals surface area contributed by atoms with Crippen LogP contribution in [0.1, 0.15) is 5.56 Å². The van der Waals surface area contributed by atoms with Gasteiger partial charge in [0.05, 0.1) is 37.7 Å². The molecule has 4 nitrogen and oxygen atoms in total. The lowest BCUT2D eigenvalue weighted by Gasteiger charge is -2.35. The zero-order valence-electron chi connectivity index (χ0n) is 38.8. The zero-order chi connectivity index (χ0) is 47.1. The van der Waals surface area contributed by atoms with E-state index in [9.17, 15) is 5.26 Å². The molecule has 0 N–H and O–H groups in total. The first-order valence-corrected chi connectivity index (χ1v) is 28.9. The fourth-order valence-corrected chi connectivity index (χ4v) is 16.3. The lowest BCUT2D eigenvalue weighted by molar-refractivity contribution is 1.30. The Balaban J connectivity index is 1.11. The third-order valence-electron chi connectivity index (χ3n) is 13.8. The molecule has 0 saturated heterocycles. The fourth-order valence-electron chi connectivity index (χ4n) is 10.4. The highest BCUT2D eigenvalue weighted by atomic mass is 28.3. The van der Waals surface area contributed by atoms with Crippen LogP contribution in [0.15, 0.2) is 237 Å². The van der Waals surface area contributed by atoms with Crippen molar-refractivity contribution in [1.29, 1.82) is 5.26 Å². The molecule has 11 aromatic carbocycles. The lowest BCUT2D eigenvalue weighted by atomic mass is 9.91. The summed E-state index contributed by atoms with van der Waals surface area (Å²) in [5, 5.41) is 23.4. The van der Waals surface area contributed by atoms with E-state index in [4.69, 9.17) is 6.57 Å². The molecular weight excluding hydrogens is 869 g/mol. The van der Waals surface area contributed by atoms with Gasteiger partial charge in [-0.25, -0.2) is 4.85 Å². The first-order valence-electron chi connectivity index (χ1n) is 23.4. The Hall–Kier alpha value is -8.53. The Kier molecular flexibility index (Phi) is 11.0. The van der Waals surface area contributed by atoms with Gasteiger partial charge in [-0.15, -0.1) is 0 Å². The molecule has 11 aromatic rings. The Bertz CT molecular complexity index is 3590. The molecule has 0 fully saturated rings. The number of nitrogens with zero attached hydrogens (tertiary/aromatic N) is 4. The van der Waals surface area contributed by atoms with Gasteiger partial charge in [-0.1, -0.05) is 189 Å². The minimum atomic E-state index is -2.77. The van der Waals surface area contributed by atoms with Crippen molar-refractivity contribution in [2.75, 3.05) is 9.80 Å². The van der Waals surface area contributed by atoms with Crippen LogP contribution in [0.4, 0.5) is 39.8 Å². The maximum Gasteiger partial charge on any atom is 0.187 e. The molecule has 11 rings (SSSR count). The van der Waals surface area contributed by atoms with Crippen molar-refractivity contribution in [1.82, 2.24) is 0 Å². The van der Waals surface area contributed by atoms with Crippen LogP contribution in [0.5, 0.6) is 0 Å². The molecule has 0 heterocycles. The second-order valence-corrected chi connectivity index (χ2v) is 27.6. The average molecular weight is 917 g/mol. The van der Waals surface area contributed by atoms with Gasteiger partial charge in [0.2, 0.25) is 0 Å². The number of nitriles is 1. The average Bonchev–Trinajstić information content (AvgIpc) is 3.40. The van der Waals surface area contributed by atoms with Crippen LogP contribution in [0.2, 0.25) is 19.6 Å². The van der Waals surface area contributed by atoms with E-state index in [0.29, 0.717) is 11.3 Å². The summed E-state index contributed by atoms with van der Waals surface area (Å²) < 4.78 is 0. The molecule has 0 spiro atoms. The van der Waals surface area contributed by atoms with E-state index in [2.05, 4.69) is 253 Å². The molecule has 0 saturated carbocycles. The molecule has 328 valence electrons. The quantitative estimate of drug-likeness (QED) is 0.0561. The van der Waals surface area contributed by atoms with Crippen molar-refractivity contribution < 1.29 is 0 Å². The third-order valence-corrected chi connectivity index (χ3v) is 20.6. The SMILES string of the molecule is [C-]#[N+]c1ccc(N(c2ccc([Si](c3ccccc3)(c3ccccc3)c3ccccc3)cc2)c2ccc3ccc4c(N(c5ccc(C#N)cc5)c5ccc([Si](C)(C)C)cc5)ccc5ccc2c3c54)cc1. The molecule has 0 atom stereocenters. The van der Waals surface area contributed by atoms with Gasteiger partial charge in [0, 0.05) is 33.5 Å². The summed E-state index contributed by atoms with van der Waals surface area (Å²) in [6.45, 7) is 14.9. The van der Waals surface area contributed by atoms with Gasteiger partial charge in [0.1, 0.15) is 0 Å². The van der Waals surface area contributed by atoms with Gasteiger partial charge in [0.15, 0.2) is 13.8 Å². The Labute approximate surface area is 406 Å². The molecule has 69 heavy (non-hydrogen) atoms. The molecule has 0 bridgehead atoms. The summed E-state index contributed by atoms with van der Waals surface area (Å²) in [5.41, 5.74) is 7.39. The Morgan fingerprint density at radius 1 is 0.391 bits per heavy atom. The summed E-state index contributed by atoms with van der Waals surface area (Å²) >= 11 is 0. The largest absolute Gasteiger partial charge is 0.310 e. The highest BCUT2D eigenvalue weighted by Gasteiger charge is 2.41. The molecule has 0 amide bonds. The van der Waals surface area contributed by atoms with Crippen LogP contribution in [-0.2, 0) is 0 Å². The number of benzene rings is 11. The monoisotopic (exact) mass is 916 g/mol. The smallest absolute Gasteiger partial charge is 0.187 e. The van der Waals surface area contributed by atoms with Crippen molar-refractivity contribution in [2.45, 2.75) is 19.6 Å². The van der Waals surface area contributed by atoms with Crippen molar-refractivity contribution in [3.63, 3.8) is 0 Å². The predicted molar refractivity (Wildman–Crippen MR) is 297 cm³/mol. The van der Waals surface area contributed by atoms with Gasteiger partial charge >= 0.3 is 0 Å². The van der Waals surface area contributed by atoms with Crippen LogP contribution < -0.4 is 35.7 Å². The third kappa shape index (κ3) is 7.53. The molecule has 6 heteroatoms. The Morgan fingerprint density at radius 2 is 0.739 bits per heavy atom. The van der Waals surface area contributed by atoms with Crippen molar-refractivity contribution >= 4 is 114 Å². The van der Waals surface area contributed by atoms with Crippen molar-refractivity contribution in [2.24, 2.45) is 0 Å². The van der Waals surface area contributed by atoms with E-state index in [1.54, 1.807) is 0 Å². The van der Waals surface area contributed by atoms with Gasteiger partial charge in [0.25, 0.3) is 0 Å². The molecule has 0 unspecified atom stereocenters. The number of hydrogen-bond acceptors (Lipinski definition) is 3. The molecule has 0 aliphatic heterocycles. The van der Waals surface area contributed by atoms with E-state index < -0.39 is 16.1 Å². The maximum absolute atomic E-state index is 9.74. The number of anilines is 6. The second-order valence-electron chi connectivity index (χ2n) is 18.7. The summed E-state index contributed by atoms with van der Waals surface area (Å²) in [6.07, 6.45) is 0. The van der Waals surface area contributed by atoms with Gasteiger partial charge in [-0.2, -0.15) is 5.26 Å². The first-order chi connectivity index (χ1) is 33.8. The van der Waals surface area contributed by atoms with Gasteiger partial charge in [-0.3, -0.25) is 0 Å². The minimum Gasteiger partial charge on any atom is -0.310 e. The Morgan fingerprint density at radius 3 is 1.12 bits per heavy atom. The van der Waals surface area contributed by atoms with Gasteiger partial charge in [-0.05, 0) is 115 Å². The fraction of sp³-hybridized carbons (Fsp3) is 0.0476. The topological polar surface area (TPSA) is 34.6 Å². The summed E-state index contributed by atoms with van der Waals surface area (Å²) in [7, 11) is -4.31. The van der Waals surface area contributed by atoms with Crippen LogP contribution in [0, 0.1) is 17.9 Å². The van der Waals surface area contributed by atoms with Crippen LogP contribution in [0.3, 0.4) is 0 Å². The molecular formula is C63H48N4Si2.